The van der Waals surface area contributed by atoms with E-state index in [-0.39, 0.29) is 5.82 Å². The second kappa shape index (κ2) is 5.57. The standard InChI is InChI=1S/C10H15FN2O/c1-14-9-3-2-8(10(11)6-9)7-13-5-4-12/h2-3,6,13H,4-5,7,12H2,1H3. The highest BCUT2D eigenvalue weighted by Gasteiger charge is 2.02. The first-order valence-electron chi connectivity index (χ1n) is 4.51. The average molecular weight is 198 g/mol. The predicted molar refractivity (Wildman–Crippen MR) is 53.7 cm³/mol. The third-order valence-electron chi connectivity index (χ3n) is 1.90. The Morgan fingerprint density at radius 2 is 2.29 bits per heavy atom. The van der Waals surface area contributed by atoms with Crippen molar-refractivity contribution < 1.29 is 9.13 Å². The summed E-state index contributed by atoms with van der Waals surface area (Å²) >= 11 is 0. The first-order valence-corrected chi connectivity index (χ1v) is 4.51. The Kier molecular flexibility index (Phi) is 4.35. The van der Waals surface area contributed by atoms with E-state index in [2.05, 4.69) is 5.32 Å². The normalized spacial score (nSPS) is 10.2. The van der Waals surface area contributed by atoms with Gasteiger partial charge in [-0.3, -0.25) is 0 Å². The summed E-state index contributed by atoms with van der Waals surface area (Å²) in [6, 6.07) is 4.82. The molecule has 1 aromatic rings. The summed E-state index contributed by atoms with van der Waals surface area (Å²) in [6.07, 6.45) is 0. The minimum atomic E-state index is -0.256. The third kappa shape index (κ3) is 2.97. The first-order chi connectivity index (χ1) is 6.77. The Balaban J connectivity index is 2.59. The molecule has 0 heterocycles. The van der Waals surface area contributed by atoms with Crippen LogP contribution in [0.2, 0.25) is 0 Å². The van der Waals surface area contributed by atoms with Gasteiger partial charge >= 0.3 is 0 Å². The van der Waals surface area contributed by atoms with Crippen LogP contribution in [0.1, 0.15) is 5.56 Å². The van der Waals surface area contributed by atoms with Crippen molar-refractivity contribution in [2.75, 3.05) is 20.2 Å². The molecule has 0 saturated carbocycles. The van der Waals surface area contributed by atoms with Gasteiger partial charge in [-0.2, -0.15) is 0 Å². The van der Waals surface area contributed by atoms with Crippen LogP contribution in [0.25, 0.3) is 0 Å². The third-order valence-corrected chi connectivity index (χ3v) is 1.90. The second-order valence-corrected chi connectivity index (χ2v) is 2.92. The maximum atomic E-state index is 13.3. The molecule has 0 saturated heterocycles. The van der Waals surface area contributed by atoms with Gasteiger partial charge < -0.3 is 15.8 Å². The van der Waals surface area contributed by atoms with Crippen molar-refractivity contribution in [3.63, 3.8) is 0 Å². The maximum absolute atomic E-state index is 13.3. The molecule has 4 heteroatoms. The number of hydrogen-bond donors (Lipinski definition) is 2. The number of nitrogens with two attached hydrogens (primary N) is 1. The Morgan fingerprint density at radius 1 is 1.50 bits per heavy atom. The number of rotatable bonds is 5. The van der Waals surface area contributed by atoms with Crippen molar-refractivity contribution >= 4 is 0 Å². The Morgan fingerprint density at radius 3 is 2.86 bits per heavy atom. The molecule has 1 rings (SSSR count). The summed E-state index contributed by atoms with van der Waals surface area (Å²) in [5, 5.41) is 3.02. The number of nitrogens with one attached hydrogen (secondary N) is 1. The van der Waals surface area contributed by atoms with Gasteiger partial charge in [0, 0.05) is 31.3 Å². The summed E-state index contributed by atoms with van der Waals surface area (Å²) < 4.78 is 18.2. The lowest BCUT2D eigenvalue weighted by atomic mass is 10.2. The molecule has 3 nitrogen and oxygen atoms in total. The SMILES string of the molecule is COc1ccc(CNCCN)c(F)c1. The summed E-state index contributed by atoms with van der Waals surface area (Å²) in [5.41, 5.74) is 5.92. The summed E-state index contributed by atoms with van der Waals surface area (Å²) in [4.78, 5) is 0. The fourth-order valence-corrected chi connectivity index (χ4v) is 1.12. The molecule has 0 amide bonds. The summed E-state index contributed by atoms with van der Waals surface area (Å²) in [5.74, 6) is 0.277. The zero-order chi connectivity index (χ0) is 10.4. The molecule has 78 valence electrons. The smallest absolute Gasteiger partial charge is 0.131 e. The predicted octanol–water partition coefficient (Wildman–Crippen LogP) is 0.883. The molecule has 0 bridgehead atoms. The lowest BCUT2D eigenvalue weighted by Crippen LogP contribution is -2.22. The van der Waals surface area contributed by atoms with E-state index in [1.807, 2.05) is 0 Å². The van der Waals surface area contributed by atoms with Crippen LogP contribution in [0.4, 0.5) is 4.39 Å². The minimum absolute atomic E-state index is 0.256. The number of halogens is 1. The molecule has 0 spiro atoms. The highest BCUT2D eigenvalue weighted by Crippen LogP contribution is 2.15. The van der Waals surface area contributed by atoms with Crippen molar-refractivity contribution in [1.29, 1.82) is 0 Å². The molecule has 14 heavy (non-hydrogen) atoms. The van der Waals surface area contributed by atoms with Gasteiger partial charge in [0.25, 0.3) is 0 Å². The average Bonchev–Trinajstić information content (AvgIpc) is 2.20. The van der Waals surface area contributed by atoms with E-state index in [0.717, 1.165) is 0 Å². The van der Waals surface area contributed by atoms with Crippen LogP contribution >= 0.6 is 0 Å². The van der Waals surface area contributed by atoms with E-state index < -0.39 is 0 Å². The van der Waals surface area contributed by atoms with E-state index in [1.165, 1.54) is 13.2 Å². The molecule has 0 unspecified atom stereocenters. The van der Waals surface area contributed by atoms with E-state index in [1.54, 1.807) is 12.1 Å². The molecule has 0 aliphatic rings. The van der Waals surface area contributed by atoms with E-state index in [4.69, 9.17) is 10.5 Å². The number of benzene rings is 1. The maximum Gasteiger partial charge on any atom is 0.131 e. The molecule has 3 N–H and O–H groups in total. The van der Waals surface area contributed by atoms with Crippen molar-refractivity contribution in [3.05, 3.63) is 29.6 Å². The molecule has 0 radical (unpaired) electrons. The Bertz CT molecular complexity index is 291. The molecule has 1 aromatic carbocycles. The van der Waals surface area contributed by atoms with Crippen molar-refractivity contribution in [2.45, 2.75) is 6.54 Å². The largest absolute Gasteiger partial charge is 0.497 e. The molecular weight excluding hydrogens is 183 g/mol. The van der Waals surface area contributed by atoms with Crippen molar-refractivity contribution in [1.82, 2.24) is 5.32 Å². The highest BCUT2D eigenvalue weighted by molar-refractivity contribution is 5.28. The van der Waals surface area contributed by atoms with Crippen LogP contribution in [0.5, 0.6) is 5.75 Å². The van der Waals surface area contributed by atoms with E-state index >= 15 is 0 Å². The summed E-state index contributed by atoms with van der Waals surface area (Å²) in [7, 11) is 1.51. The molecular formula is C10H15FN2O. The van der Waals surface area contributed by atoms with Gasteiger partial charge in [-0.05, 0) is 6.07 Å². The van der Waals surface area contributed by atoms with Gasteiger partial charge in [0.1, 0.15) is 11.6 Å². The lowest BCUT2D eigenvalue weighted by Gasteiger charge is -2.06. The van der Waals surface area contributed by atoms with Crippen LogP contribution in [-0.2, 0) is 6.54 Å². The molecule has 0 aliphatic carbocycles. The number of methoxy groups -OCH3 is 1. The Hall–Kier alpha value is -1.13. The number of hydrogen-bond acceptors (Lipinski definition) is 3. The van der Waals surface area contributed by atoms with Crippen LogP contribution in [-0.4, -0.2) is 20.2 Å². The molecule has 0 aromatic heterocycles. The van der Waals surface area contributed by atoms with Gasteiger partial charge in [0.15, 0.2) is 0 Å². The van der Waals surface area contributed by atoms with Crippen molar-refractivity contribution in [3.8, 4) is 5.75 Å². The van der Waals surface area contributed by atoms with Crippen LogP contribution < -0.4 is 15.8 Å². The van der Waals surface area contributed by atoms with Crippen LogP contribution in [0.3, 0.4) is 0 Å². The van der Waals surface area contributed by atoms with Crippen LogP contribution in [0, 0.1) is 5.82 Å². The number of ether oxygens (including phenoxy) is 1. The quantitative estimate of drug-likeness (QED) is 0.690. The topological polar surface area (TPSA) is 47.3 Å². The first kappa shape index (κ1) is 10.9. The second-order valence-electron chi connectivity index (χ2n) is 2.92. The van der Waals surface area contributed by atoms with Gasteiger partial charge in [-0.25, -0.2) is 4.39 Å². The van der Waals surface area contributed by atoms with Crippen molar-refractivity contribution in [2.24, 2.45) is 5.73 Å². The highest BCUT2D eigenvalue weighted by atomic mass is 19.1. The van der Waals surface area contributed by atoms with Crippen LogP contribution in [0.15, 0.2) is 18.2 Å². The summed E-state index contributed by atoms with van der Waals surface area (Å²) in [6.45, 7) is 1.73. The zero-order valence-electron chi connectivity index (χ0n) is 8.22. The molecule has 0 fully saturated rings. The zero-order valence-corrected chi connectivity index (χ0v) is 8.22. The Labute approximate surface area is 83.1 Å². The molecule has 0 atom stereocenters. The van der Waals surface area contributed by atoms with Gasteiger partial charge in [0.2, 0.25) is 0 Å². The molecule has 0 aliphatic heterocycles. The minimum Gasteiger partial charge on any atom is -0.497 e. The fraction of sp³-hybridized carbons (Fsp3) is 0.400. The lowest BCUT2D eigenvalue weighted by molar-refractivity contribution is 0.410. The van der Waals surface area contributed by atoms with Gasteiger partial charge in [-0.15, -0.1) is 0 Å². The van der Waals surface area contributed by atoms with E-state index in [0.29, 0.717) is 30.9 Å². The van der Waals surface area contributed by atoms with Gasteiger partial charge in [-0.1, -0.05) is 6.07 Å². The monoisotopic (exact) mass is 198 g/mol. The fourth-order valence-electron chi connectivity index (χ4n) is 1.12. The van der Waals surface area contributed by atoms with E-state index in [9.17, 15) is 4.39 Å². The van der Waals surface area contributed by atoms with Gasteiger partial charge in [0.05, 0.1) is 7.11 Å².